The van der Waals surface area contributed by atoms with Crippen LogP contribution >= 0.6 is 11.6 Å². The summed E-state index contributed by atoms with van der Waals surface area (Å²) in [5.74, 6) is 0. The standard InChI is InChI=1S/C13H19ClN2/c1-9-8-11(10(2)12(14)13(9)15)16-6-4-3-5-7-16/h8H,3-7,15H2,1-2H3. The van der Waals surface area contributed by atoms with E-state index in [0.717, 1.165) is 34.9 Å². The van der Waals surface area contributed by atoms with Gasteiger partial charge in [-0.05, 0) is 50.3 Å². The van der Waals surface area contributed by atoms with Gasteiger partial charge < -0.3 is 10.6 Å². The molecule has 1 heterocycles. The first-order chi connectivity index (χ1) is 7.61. The molecule has 1 aliphatic heterocycles. The Morgan fingerprint density at radius 1 is 1.19 bits per heavy atom. The van der Waals surface area contributed by atoms with Crippen LogP contribution in [0.25, 0.3) is 0 Å². The number of benzene rings is 1. The third-order valence-corrected chi connectivity index (χ3v) is 3.91. The molecule has 1 saturated heterocycles. The lowest BCUT2D eigenvalue weighted by molar-refractivity contribution is 0.577. The molecule has 2 N–H and O–H groups in total. The van der Waals surface area contributed by atoms with Crippen LogP contribution in [0.15, 0.2) is 6.07 Å². The molecule has 1 aromatic carbocycles. The van der Waals surface area contributed by atoms with E-state index in [4.69, 9.17) is 17.3 Å². The second-order valence-corrected chi connectivity index (χ2v) is 4.99. The van der Waals surface area contributed by atoms with E-state index in [1.54, 1.807) is 0 Å². The van der Waals surface area contributed by atoms with E-state index in [2.05, 4.69) is 17.9 Å². The number of anilines is 2. The zero-order chi connectivity index (χ0) is 11.7. The van der Waals surface area contributed by atoms with Gasteiger partial charge in [0.15, 0.2) is 0 Å². The topological polar surface area (TPSA) is 29.3 Å². The van der Waals surface area contributed by atoms with E-state index in [-0.39, 0.29) is 0 Å². The van der Waals surface area contributed by atoms with E-state index in [0.29, 0.717) is 0 Å². The Balaban J connectivity index is 2.40. The van der Waals surface area contributed by atoms with Crippen LogP contribution in [-0.4, -0.2) is 13.1 Å². The van der Waals surface area contributed by atoms with Gasteiger partial charge in [0.05, 0.1) is 10.7 Å². The van der Waals surface area contributed by atoms with Gasteiger partial charge in [-0.15, -0.1) is 0 Å². The first kappa shape index (κ1) is 11.6. The fraction of sp³-hybridized carbons (Fsp3) is 0.538. The molecule has 0 aromatic heterocycles. The summed E-state index contributed by atoms with van der Waals surface area (Å²) in [6.07, 6.45) is 3.90. The number of hydrogen-bond acceptors (Lipinski definition) is 2. The van der Waals surface area contributed by atoms with Gasteiger partial charge in [-0.3, -0.25) is 0 Å². The molecule has 1 aliphatic rings. The molecule has 1 fully saturated rings. The minimum atomic E-state index is 0.722. The Morgan fingerprint density at radius 3 is 2.44 bits per heavy atom. The zero-order valence-electron chi connectivity index (χ0n) is 10.0. The fourth-order valence-corrected chi connectivity index (χ4v) is 2.59. The van der Waals surface area contributed by atoms with Crippen molar-refractivity contribution in [3.8, 4) is 0 Å². The van der Waals surface area contributed by atoms with Crippen LogP contribution in [-0.2, 0) is 0 Å². The number of nitrogen functional groups attached to an aromatic ring is 1. The molecule has 2 rings (SSSR count). The molecule has 0 spiro atoms. The van der Waals surface area contributed by atoms with Crippen LogP contribution in [0.2, 0.25) is 5.02 Å². The minimum Gasteiger partial charge on any atom is -0.397 e. The maximum absolute atomic E-state index is 6.26. The molecule has 88 valence electrons. The van der Waals surface area contributed by atoms with Gasteiger partial charge in [-0.25, -0.2) is 0 Å². The Morgan fingerprint density at radius 2 is 1.81 bits per heavy atom. The van der Waals surface area contributed by atoms with Gasteiger partial charge in [0.2, 0.25) is 0 Å². The molecule has 0 atom stereocenters. The zero-order valence-corrected chi connectivity index (χ0v) is 10.8. The number of nitrogens with zero attached hydrogens (tertiary/aromatic N) is 1. The third-order valence-electron chi connectivity index (χ3n) is 3.42. The van der Waals surface area contributed by atoms with Gasteiger partial charge in [-0.2, -0.15) is 0 Å². The van der Waals surface area contributed by atoms with Crippen LogP contribution in [0.1, 0.15) is 30.4 Å². The van der Waals surface area contributed by atoms with Crippen LogP contribution in [0, 0.1) is 13.8 Å². The smallest absolute Gasteiger partial charge is 0.0687 e. The summed E-state index contributed by atoms with van der Waals surface area (Å²) in [7, 11) is 0. The number of rotatable bonds is 1. The van der Waals surface area contributed by atoms with Crippen molar-refractivity contribution in [1.29, 1.82) is 0 Å². The van der Waals surface area contributed by atoms with Crippen molar-refractivity contribution < 1.29 is 0 Å². The van der Waals surface area contributed by atoms with Crippen molar-refractivity contribution in [2.75, 3.05) is 23.7 Å². The highest BCUT2D eigenvalue weighted by atomic mass is 35.5. The van der Waals surface area contributed by atoms with Crippen LogP contribution in [0.4, 0.5) is 11.4 Å². The molecule has 0 radical (unpaired) electrons. The summed E-state index contributed by atoms with van der Waals surface area (Å²) in [6, 6.07) is 2.17. The van der Waals surface area contributed by atoms with Gasteiger partial charge >= 0.3 is 0 Å². The van der Waals surface area contributed by atoms with E-state index in [9.17, 15) is 0 Å². The molecule has 1 aromatic rings. The van der Waals surface area contributed by atoms with E-state index in [1.807, 2.05) is 6.92 Å². The largest absolute Gasteiger partial charge is 0.397 e. The van der Waals surface area contributed by atoms with Gasteiger partial charge in [-0.1, -0.05) is 11.6 Å². The molecule has 2 nitrogen and oxygen atoms in total. The molecule has 0 aliphatic carbocycles. The predicted octanol–water partition coefficient (Wildman–Crippen LogP) is 3.53. The molecule has 0 saturated carbocycles. The minimum absolute atomic E-state index is 0.722. The number of piperidine rings is 1. The van der Waals surface area contributed by atoms with E-state index < -0.39 is 0 Å². The first-order valence-electron chi connectivity index (χ1n) is 5.91. The normalized spacial score (nSPS) is 16.6. The molecular weight excluding hydrogens is 220 g/mol. The van der Waals surface area contributed by atoms with Gasteiger partial charge in [0, 0.05) is 18.8 Å². The SMILES string of the molecule is Cc1cc(N2CCCCC2)c(C)c(Cl)c1N. The van der Waals surface area contributed by atoms with E-state index in [1.165, 1.54) is 24.9 Å². The lowest BCUT2D eigenvalue weighted by Crippen LogP contribution is -2.30. The summed E-state index contributed by atoms with van der Waals surface area (Å²) in [6.45, 7) is 6.36. The maximum Gasteiger partial charge on any atom is 0.0687 e. The Kier molecular flexibility index (Phi) is 3.29. The Bertz CT molecular complexity index is 395. The summed E-state index contributed by atoms with van der Waals surface area (Å²) < 4.78 is 0. The highest BCUT2D eigenvalue weighted by Crippen LogP contribution is 2.35. The van der Waals surface area contributed by atoms with Crippen LogP contribution < -0.4 is 10.6 Å². The van der Waals surface area contributed by atoms with E-state index >= 15 is 0 Å². The summed E-state index contributed by atoms with van der Waals surface area (Å²) >= 11 is 6.26. The van der Waals surface area contributed by atoms with Gasteiger partial charge in [0.1, 0.15) is 0 Å². The van der Waals surface area contributed by atoms with Crippen molar-refractivity contribution in [2.24, 2.45) is 0 Å². The van der Waals surface area contributed by atoms with Gasteiger partial charge in [0.25, 0.3) is 0 Å². The summed E-state index contributed by atoms with van der Waals surface area (Å²) in [4.78, 5) is 2.43. The van der Waals surface area contributed by atoms with Crippen molar-refractivity contribution in [2.45, 2.75) is 33.1 Å². The second kappa shape index (κ2) is 4.54. The molecule has 3 heteroatoms. The average Bonchev–Trinajstić information content (AvgIpc) is 2.32. The average molecular weight is 239 g/mol. The van der Waals surface area contributed by atoms with Crippen molar-refractivity contribution in [3.05, 3.63) is 22.2 Å². The molecular formula is C13H19ClN2. The van der Waals surface area contributed by atoms with Crippen molar-refractivity contribution in [3.63, 3.8) is 0 Å². The number of hydrogen-bond donors (Lipinski definition) is 1. The predicted molar refractivity (Wildman–Crippen MR) is 71.4 cm³/mol. The lowest BCUT2D eigenvalue weighted by Gasteiger charge is -2.31. The maximum atomic E-state index is 6.26. The molecule has 0 amide bonds. The number of nitrogens with two attached hydrogens (primary N) is 1. The summed E-state index contributed by atoms with van der Waals surface area (Å²) in [5.41, 5.74) is 10.1. The van der Waals surface area contributed by atoms with Crippen LogP contribution in [0.5, 0.6) is 0 Å². The first-order valence-corrected chi connectivity index (χ1v) is 6.29. The highest BCUT2D eigenvalue weighted by Gasteiger charge is 2.16. The fourth-order valence-electron chi connectivity index (χ4n) is 2.34. The number of aryl methyl sites for hydroxylation is 1. The second-order valence-electron chi connectivity index (χ2n) is 4.61. The molecule has 0 bridgehead atoms. The van der Waals surface area contributed by atoms with Crippen LogP contribution in [0.3, 0.4) is 0 Å². The highest BCUT2D eigenvalue weighted by molar-refractivity contribution is 6.34. The van der Waals surface area contributed by atoms with Crippen molar-refractivity contribution >= 4 is 23.0 Å². The Hall–Kier alpha value is -0.890. The third kappa shape index (κ3) is 1.99. The van der Waals surface area contributed by atoms with Crippen molar-refractivity contribution in [1.82, 2.24) is 0 Å². The Labute approximate surface area is 102 Å². The molecule has 0 unspecified atom stereocenters. The monoisotopic (exact) mass is 238 g/mol. The molecule has 16 heavy (non-hydrogen) atoms. The quantitative estimate of drug-likeness (QED) is 0.759. The lowest BCUT2D eigenvalue weighted by atomic mass is 10.0. The summed E-state index contributed by atoms with van der Waals surface area (Å²) in [5, 5.41) is 0.723. The number of halogens is 1.